The maximum atomic E-state index is 5.75. The van der Waals surface area contributed by atoms with Gasteiger partial charge in [0.1, 0.15) is 22.3 Å². The maximum Gasteiger partial charge on any atom is 0.136 e. The molecule has 0 atom stereocenters. The first-order valence-corrected chi connectivity index (χ1v) is 11.6. The van der Waals surface area contributed by atoms with Crippen molar-refractivity contribution >= 4 is 98.3 Å². The number of rotatable bonds is 0. The highest BCUT2D eigenvalue weighted by Crippen LogP contribution is 2.35. The molecule has 0 spiro atoms. The molecule has 4 aromatic carbocycles. The van der Waals surface area contributed by atoms with Crippen molar-refractivity contribution in [3.8, 4) is 0 Å². The average Bonchev–Trinajstić information content (AvgIpc) is 3.27. The zero-order valence-corrected chi connectivity index (χ0v) is 20.3. The molecule has 2 aromatic heterocycles. The Bertz CT molecular complexity index is 1500. The van der Waals surface area contributed by atoms with Gasteiger partial charge in [0, 0.05) is 34.1 Å². The van der Waals surface area contributed by atoms with Gasteiger partial charge in [0.15, 0.2) is 0 Å². The van der Waals surface area contributed by atoms with Crippen LogP contribution < -0.4 is 0 Å². The molecule has 0 saturated carbocycles. The third-order valence-electron chi connectivity index (χ3n) is 4.76. The van der Waals surface area contributed by atoms with Crippen molar-refractivity contribution in [1.82, 2.24) is 0 Å². The van der Waals surface area contributed by atoms with E-state index in [0.29, 0.717) is 0 Å². The van der Waals surface area contributed by atoms with E-state index >= 15 is 0 Å². The van der Waals surface area contributed by atoms with E-state index in [1.165, 1.54) is 8.96 Å². The van der Waals surface area contributed by atoms with Crippen LogP contribution in [0.25, 0.3) is 43.9 Å². The Balaban J connectivity index is 0.000000125. The second-order valence-corrected chi connectivity index (χ2v) is 9.52. The minimum Gasteiger partial charge on any atom is -0.456 e. The van der Waals surface area contributed by atoms with Gasteiger partial charge in [-0.3, -0.25) is 0 Å². The van der Waals surface area contributed by atoms with Crippen LogP contribution in [0.1, 0.15) is 0 Å². The van der Waals surface area contributed by atoms with Crippen molar-refractivity contribution in [2.24, 2.45) is 0 Å². The molecule has 0 aliphatic carbocycles. The molecule has 29 heavy (non-hydrogen) atoms. The first kappa shape index (κ1) is 19.2. The van der Waals surface area contributed by atoms with Gasteiger partial charge in [0.2, 0.25) is 0 Å². The van der Waals surface area contributed by atoms with Gasteiger partial charge in [-0.2, -0.15) is 0 Å². The lowest BCUT2D eigenvalue weighted by atomic mass is 10.2. The van der Waals surface area contributed by atoms with Crippen LogP contribution in [-0.2, 0) is 0 Å². The predicted molar refractivity (Wildman–Crippen MR) is 136 cm³/mol. The Kier molecular flexibility index (Phi) is 5.14. The summed E-state index contributed by atoms with van der Waals surface area (Å²) in [6, 6.07) is 26.3. The number of para-hydroxylation sites is 1. The van der Waals surface area contributed by atoms with Crippen molar-refractivity contribution in [1.29, 1.82) is 0 Å². The monoisotopic (exact) mass is 618 g/mol. The highest BCUT2D eigenvalue weighted by molar-refractivity contribution is 14.1. The topological polar surface area (TPSA) is 26.3 Å². The summed E-state index contributed by atoms with van der Waals surface area (Å²) in [5.41, 5.74) is 3.74. The molecule has 6 rings (SSSR count). The zero-order chi connectivity index (χ0) is 20.0. The van der Waals surface area contributed by atoms with E-state index in [1.807, 2.05) is 60.7 Å². The molecular formula is C24H13Br2IO2. The van der Waals surface area contributed by atoms with E-state index in [-0.39, 0.29) is 0 Å². The van der Waals surface area contributed by atoms with Gasteiger partial charge in [-0.1, -0.05) is 62.2 Å². The van der Waals surface area contributed by atoms with Crippen LogP contribution in [-0.4, -0.2) is 0 Å². The van der Waals surface area contributed by atoms with E-state index in [0.717, 1.165) is 47.4 Å². The molecule has 0 bridgehead atoms. The van der Waals surface area contributed by atoms with Gasteiger partial charge < -0.3 is 8.83 Å². The van der Waals surface area contributed by atoms with Gasteiger partial charge in [-0.25, -0.2) is 0 Å². The second kappa shape index (κ2) is 7.78. The Morgan fingerprint density at radius 3 is 1.79 bits per heavy atom. The summed E-state index contributed by atoms with van der Waals surface area (Å²) in [4.78, 5) is 0. The fourth-order valence-electron chi connectivity index (χ4n) is 3.49. The van der Waals surface area contributed by atoms with Gasteiger partial charge in [-0.15, -0.1) is 0 Å². The minimum atomic E-state index is 0.931. The molecule has 0 N–H and O–H groups in total. The summed E-state index contributed by atoms with van der Waals surface area (Å²) in [5, 5.41) is 4.65. The molecule has 0 amide bonds. The fraction of sp³-hybridized carbons (Fsp3) is 0. The van der Waals surface area contributed by atoms with E-state index < -0.39 is 0 Å². The first-order chi connectivity index (χ1) is 14.1. The highest BCUT2D eigenvalue weighted by atomic mass is 127. The van der Waals surface area contributed by atoms with Gasteiger partial charge in [0.25, 0.3) is 0 Å². The molecule has 2 nitrogen and oxygen atoms in total. The predicted octanol–water partition coefficient (Wildman–Crippen LogP) is 9.30. The molecule has 0 aliphatic rings. The number of halogens is 3. The van der Waals surface area contributed by atoms with Crippen LogP contribution in [0.3, 0.4) is 0 Å². The minimum absolute atomic E-state index is 0.931. The molecular weight excluding hydrogens is 607 g/mol. The number of furan rings is 2. The largest absolute Gasteiger partial charge is 0.456 e. The Morgan fingerprint density at radius 2 is 1.10 bits per heavy atom. The van der Waals surface area contributed by atoms with Gasteiger partial charge in [-0.05, 0) is 71.1 Å². The number of fused-ring (bicyclic) bond motifs is 6. The third-order valence-corrected chi connectivity index (χ3v) is 6.75. The highest BCUT2D eigenvalue weighted by Gasteiger charge is 2.09. The van der Waals surface area contributed by atoms with Crippen molar-refractivity contribution < 1.29 is 8.83 Å². The normalized spacial score (nSPS) is 11.3. The quantitative estimate of drug-likeness (QED) is 0.158. The Hall–Kier alpha value is -1.83. The van der Waals surface area contributed by atoms with Gasteiger partial charge >= 0.3 is 0 Å². The number of hydrogen-bond acceptors (Lipinski definition) is 2. The number of benzene rings is 4. The van der Waals surface area contributed by atoms with Crippen LogP contribution >= 0.6 is 54.5 Å². The SMILES string of the molecule is Brc1cccc2oc3ccc(I)cc3c12.Brc1cccc2oc3ccccc3c12. The van der Waals surface area contributed by atoms with Crippen molar-refractivity contribution in [3.05, 3.63) is 91.4 Å². The standard InChI is InChI=1S/C12H6BrIO.C12H7BrO/c13-9-2-1-3-11-12(9)8-6-7(14)4-5-10(8)15-11;13-9-5-3-7-11-12(9)8-4-1-2-6-10(8)14-11/h1-6H;1-7H. The molecule has 0 fully saturated rings. The summed E-state index contributed by atoms with van der Waals surface area (Å²) in [6.45, 7) is 0. The molecule has 6 aromatic rings. The molecule has 2 heterocycles. The molecule has 0 saturated heterocycles. The van der Waals surface area contributed by atoms with E-state index in [4.69, 9.17) is 8.83 Å². The van der Waals surface area contributed by atoms with Crippen molar-refractivity contribution in [2.45, 2.75) is 0 Å². The van der Waals surface area contributed by atoms with Crippen LogP contribution in [0.15, 0.2) is 96.6 Å². The smallest absolute Gasteiger partial charge is 0.136 e. The van der Waals surface area contributed by atoms with E-state index in [9.17, 15) is 0 Å². The van der Waals surface area contributed by atoms with Crippen LogP contribution in [0.4, 0.5) is 0 Å². The van der Waals surface area contributed by atoms with E-state index in [1.54, 1.807) is 0 Å². The first-order valence-electron chi connectivity index (χ1n) is 8.94. The van der Waals surface area contributed by atoms with E-state index in [2.05, 4.69) is 72.6 Å². The van der Waals surface area contributed by atoms with Gasteiger partial charge in [0.05, 0.1) is 0 Å². The molecule has 0 radical (unpaired) electrons. The summed E-state index contributed by atoms with van der Waals surface area (Å²) < 4.78 is 14.8. The fourth-order valence-corrected chi connectivity index (χ4v) is 5.10. The zero-order valence-electron chi connectivity index (χ0n) is 15.0. The molecule has 0 aliphatic heterocycles. The van der Waals surface area contributed by atoms with Crippen molar-refractivity contribution in [3.63, 3.8) is 0 Å². The lowest BCUT2D eigenvalue weighted by Crippen LogP contribution is -1.71. The summed E-state index contributed by atoms with van der Waals surface area (Å²) in [5.74, 6) is 0. The summed E-state index contributed by atoms with van der Waals surface area (Å²) in [7, 11) is 0. The van der Waals surface area contributed by atoms with Crippen LogP contribution in [0, 0.1) is 3.57 Å². The third kappa shape index (κ3) is 3.49. The van der Waals surface area contributed by atoms with Crippen molar-refractivity contribution in [2.75, 3.05) is 0 Å². The lowest BCUT2D eigenvalue weighted by Gasteiger charge is -1.93. The van der Waals surface area contributed by atoms with Crippen LogP contribution in [0.5, 0.6) is 0 Å². The van der Waals surface area contributed by atoms with Crippen LogP contribution in [0.2, 0.25) is 0 Å². The Morgan fingerprint density at radius 1 is 0.552 bits per heavy atom. The maximum absolute atomic E-state index is 5.75. The molecule has 142 valence electrons. The lowest BCUT2D eigenvalue weighted by molar-refractivity contribution is 0.668. The molecule has 0 unspecified atom stereocenters. The average molecular weight is 620 g/mol. The Labute approximate surface area is 197 Å². The second-order valence-electron chi connectivity index (χ2n) is 6.57. The molecule has 5 heteroatoms. The number of hydrogen-bond donors (Lipinski definition) is 0. The summed E-state index contributed by atoms with van der Waals surface area (Å²) >= 11 is 9.41. The summed E-state index contributed by atoms with van der Waals surface area (Å²) in [6.07, 6.45) is 0.